The normalized spacial score (nSPS) is 17.8. The highest BCUT2D eigenvalue weighted by atomic mass is 19.4. The number of carboxylic acid groups (broad SMARTS) is 1. The van der Waals surface area contributed by atoms with Crippen LogP contribution >= 0.6 is 0 Å². The molecule has 1 aliphatic rings. The summed E-state index contributed by atoms with van der Waals surface area (Å²) in [5.74, 6) is -0.726. The van der Waals surface area contributed by atoms with Crippen molar-refractivity contribution in [1.82, 2.24) is 14.6 Å². The van der Waals surface area contributed by atoms with Crippen LogP contribution in [0.25, 0.3) is 16.8 Å². The molecule has 0 saturated carbocycles. The summed E-state index contributed by atoms with van der Waals surface area (Å²) in [6.45, 7) is 1.01. The summed E-state index contributed by atoms with van der Waals surface area (Å²) in [6.07, 6.45) is 0.0871. The molecule has 2 aromatic heterocycles. The number of aromatic nitrogens is 3. The molecule has 0 bridgehead atoms. The van der Waals surface area contributed by atoms with Crippen LogP contribution in [-0.4, -0.2) is 38.8 Å². The number of hydrogen-bond acceptors (Lipinski definition) is 4. The van der Waals surface area contributed by atoms with E-state index in [0.717, 1.165) is 18.6 Å². The first-order chi connectivity index (χ1) is 13.3. The van der Waals surface area contributed by atoms with Crippen LogP contribution in [0.4, 0.5) is 19.0 Å². The summed E-state index contributed by atoms with van der Waals surface area (Å²) >= 11 is 0. The smallest absolute Gasteiger partial charge is 0.416 e. The number of alkyl halides is 3. The molecule has 1 aliphatic heterocycles. The molecule has 0 amide bonds. The topological polar surface area (TPSA) is 70.7 Å². The summed E-state index contributed by atoms with van der Waals surface area (Å²) in [7, 11) is 0. The van der Waals surface area contributed by atoms with Crippen molar-refractivity contribution in [2.45, 2.75) is 19.0 Å². The van der Waals surface area contributed by atoms with Crippen molar-refractivity contribution < 1.29 is 23.1 Å². The molecule has 3 heterocycles. The van der Waals surface area contributed by atoms with Crippen LogP contribution in [0, 0.1) is 5.92 Å². The number of rotatable bonds is 3. The van der Waals surface area contributed by atoms with Crippen LogP contribution in [0.3, 0.4) is 0 Å². The highest BCUT2D eigenvalue weighted by Crippen LogP contribution is 2.33. The van der Waals surface area contributed by atoms with Crippen molar-refractivity contribution in [2.24, 2.45) is 5.92 Å². The van der Waals surface area contributed by atoms with Crippen LogP contribution in [0.2, 0.25) is 0 Å². The maximum Gasteiger partial charge on any atom is 0.416 e. The highest BCUT2D eigenvalue weighted by Gasteiger charge is 2.31. The molecule has 146 valence electrons. The van der Waals surface area contributed by atoms with E-state index in [1.54, 1.807) is 29.0 Å². The van der Waals surface area contributed by atoms with Gasteiger partial charge >= 0.3 is 12.1 Å². The van der Waals surface area contributed by atoms with Crippen LogP contribution < -0.4 is 4.90 Å². The Morgan fingerprint density at radius 3 is 2.82 bits per heavy atom. The lowest BCUT2D eigenvalue weighted by Gasteiger charge is -2.31. The molecule has 3 aromatic rings. The largest absolute Gasteiger partial charge is 0.481 e. The van der Waals surface area contributed by atoms with E-state index in [1.165, 1.54) is 6.07 Å². The number of aliphatic carboxylic acids is 1. The summed E-state index contributed by atoms with van der Waals surface area (Å²) in [5.41, 5.74) is 0.639. The zero-order valence-corrected chi connectivity index (χ0v) is 14.7. The molecule has 1 unspecified atom stereocenters. The second-order valence-electron chi connectivity index (χ2n) is 6.81. The van der Waals surface area contributed by atoms with Crippen LogP contribution in [0.15, 0.2) is 42.7 Å². The van der Waals surface area contributed by atoms with E-state index in [1.807, 2.05) is 4.90 Å². The van der Waals surface area contributed by atoms with E-state index in [2.05, 4.69) is 10.1 Å². The van der Waals surface area contributed by atoms with Crippen molar-refractivity contribution in [3.05, 3.63) is 48.3 Å². The molecule has 1 atom stereocenters. The number of halogens is 3. The predicted octanol–water partition coefficient (Wildman–Crippen LogP) is 3.72. The first kappa shape index (κ1) is 18.3. The van der Waals surface area contributed by atoms with Gasteiger partial charge in [0, 0.05) is 31.0 Å². The molecule has 28 heavy (non-hydrogen) atoms. The van der Waals surface area contributed by atoms with Crippen molar-refractivity contribution >= 4 is 17.3 Å². The molecular formula is C19H17F3N4O2. The molecule has 0 aliphatic carbocycles. The van der Waals surface area contributed by atoms with Gasteiger partial charge < -0.3 is 10.0 Å². The van der Waals surface area contributed by atoms with Crippen molar-refractivity contribution in [1.29, 1.82) is 0 Å². The maximum absolute atomic E-state index is 13.0. The number of piperidine rings is 1. The van der Waals surface area contributed by atoms with Gasteiger partial charge in [0.15, 0.2) is 5.82 Å². The Bertz CT molecular complexity index is 1030. The fourth-order valence-corrected chi connectivity index (χ4v) is 3.52. The Morgan fingerprint density at radius 1 is 1.25 bits per heavy atom. The van der Waals surface area contributed by atoms with E-state index < -0.39 is 23.6 Å². The average Bonchev–Trinajstić information content (AvgIpc) is 3.12. The standard InChI is InChI=1S/C19H17F3N4O2/c20-19(21,22)14-5-1-3-12(9-14)15-10-16-17(23-6-8-26(16)24-15)25-7-2-4-13(11-25)18(27)28/h1,3,5-6,8-10,13H,2,4,7,11H2,(H,27,28). The molecule has 0 radical (unpaired) electrons. The second-order valence-corrected chi connectivity index (χ2v) is 6.81. The molecule has 1 saturated heterocycles. The molecule has 0 spiro atoms. The number of hydrogen-bond donors (Lipinski definition) is 1. The van der Waals surface area contributed by atoms with Crippen molar-refractivity contribution in [2.75, 3.05) is 18.0 Å². The van der Waals surface area contributed by atoms with Crippen LogP contribution in [0.1, 0.15) is 18.4 Å². The van der Waals surface area contributed by atoms with Gasteiger partial charge in [-0.1, -0.05) is 12.1 Å². The van der Waals surface area contributed by atoms with Gasteiger partial charge in [0.25, 0.3) is 0 Å². The SMILES string of the molecule is O=C(O)C1CCCN(c2nccn3nc(-c4cccc(C(F)(F)F)c4)cc23)C1. The molecule has 9 heteroatoms. The highest BCUT2D eigenvalue weighted by molar-refractivity contribution is 5.77. The van der Waals surface area contributed by atoms with Gasteiger partial charge in [-0.15, -0.1) is 0 Å². The van der Waals surface area contributed by atoms with Gasteiger partial charge in [-0.2, -0.15) is 18.3 Å². The summed E-state index contributed by atoms with van der Waals surface area (Å²) in [4.78, 5) is 17.6. The molecule has 4 rings (SSSR count). The average molecular weight is 390 g/mol. The Labute approximate surface area is 158 Å². The predicted molar refractivity (Wildman–Crippen MR) is 96.0 cm³/mol. The van der Waals surface area contributed by atoms with E-state index in [9.17, 15) is 23.1 Å². The number of anilines is 1. The Kier molecular flexibility index (Phi) is 4.44. The van der Waals surface area contributed by atoms with Gasteiger partial charge in [0.1, 0.15) is 5.52 Å². The molecule has 6 nitrogen and oxygen atoms in total. The van der Waals surface area contributed by atoms with Gasteiger partial charge in [-0.3, -0.25) is 4.79 Å². The zero-order valence-electron chi connectivity index (χ0n) is 14.7. The van der Waals surface area contributed by atoms with Gasteiger partial charge in [-0.25, -0.2) is 9.50 Å². The third-order valence-corrected chi connectivity index (χ3v) is 4.93. The number of fused-ring (bicyclic) bond motifs is 1. The van der Waals surface area contributed by atoms with Gasteiger partial charge in [-0.05, 0) is 31.0 Å². The van der Waals surface area contributed by atoms with Crippen LogP contribution in [-0.2, 0) is 11.0 Å². The minimum atomic E-state index is -4.43. The van der Waals surface area contributed by atoms with E-state index in [4.69, 9.17) is 0 Å². The first-order valence-corrected chi connectivity index (χ1v) is 8.83. The maximum atomic E-state index is 13.0. The van der Waals surface area contributed by atoms with Crippen LogP contribution in [0.5, 0.6) is 0 Å². The van der Waals surface area contributed by atoms with E-state index in [-0.39, 0.29) is 0 Å². The minimum absolute atomic E-state index is 0.339. The number of carboxylic acids is 1. The van der Waals surface area contributed by atoms with Crippen molar-refractivity contribution in [3.8, 4) is 11.3 Å². The fourth-order valence-electron chi connectivity index (χ4n) is 3.52. The third-order valence-electron chi connectivity index (χ3n) is 4.93. The second kappa shape index (κ2) is 6.81. The van der Waals surface area contributed by atoms with E-state index >= 15 is 0 Å². The number of benzene rings is 1. The lowest BCUT2D eigenvalue weighted by molar-refractivity contribution is -0.142. The first-order valence-electron chi connectivity index (χ1n) is 8.83. The minimum Gasteiger partial charge on any atom is -0.481 e. The lowest BCUT2D eigenvalue weighted by atomic mass is 9.98. The number of carbonyl (C=O) groups is 1. The molecular weight excluding hydrogens is 373 g/mol. The quantitative estimate of drug-likeness (QED) is 0.738. The lowest BCUT2D eigenvalue weighted by Crippen LogP contribution is -2.39. The summed E-state index contributed by atoms with van der Waals surface area (Å²) in [6, 6.07) is 6.69. The summed E-state index contributed by atoms with van der Waals surface area (Å²) in [5, 5.41) is 13.7. The van der Waals surface area contributed by atoms with Gasteiger partial charge in [0.05, 0.1) is 17.2 Å². The third kappa shape index (κ3) is 3.39. The van der Waals surface area contributed by atoms with Crippen molar-refractivity contribution in [3.63, 3.8) is 0 Å². The monoisotopic (exact) mass is 390 g/mol. The Hall–Kier alpha value is -3.10. The van der Waals surface area contributed by atoms with Gasteiger partial charge in [0.2, 0.25) is 0 Å². The number of nitrogens with zero attached hydrogens (tertiary/aromatic N) is 4. The molecule has 1 fully saturated rings. The summed E-state index contributed by atoms with van der Waals surface area (Å²) < 4.78 is 40.6. The zero-order chi connectivity index (χ0) is 19.9. The van der Waals surface area contributed by atoms with E-state index in [0.29, 0.717) is 42.1 Å². The fraction of sp³-hybridized carbons (Fsp3) is 0.316. The molecule has 1 aromatic carbocycles. The molecule has 1 N–H and O–H groups in total. The Morgan fingerprint density at radius 2 is 2.07 bits per heavy atom. The Balaban J connectivity index is 1.73.